The van der Waals surface area contributed by atoms with Crippen molar-refractivity contribution in [2.24, 2.45) is 4.99 Å². The summed E-state index contributed by atoms with van der Waals surface area (Å²) in [7, 11) is 0. The molecule has 0 unspecified atom stereocenters. The maximum absolute atomic E-state index is 10.0. The van der Waals surface area contributed by atoms with Crippen LogP contribution in [0.1, 0.15) is 27.7 Å². The Kier molecular flexibility index (Phi) is 15.0. The largest absolute Gasteiger partial charge is 0.353 e. The van der Waals surface area contributed by atoms with Crippen LogP contribution in [-0.2, 0) is 14.3 Å². The van der Waals surface area contributed by atoms with E-state index in [2.05, 4.69) is 22.4 Å². The Morgan fingerprint density at radius 3 is 2.07 bits per heavy atom. The molecular formula is C10H19NO3S. The van der Waals surface area contributed by atoms with Gasteiger partial charge >= 0.3 is 0 Å². The predicted molar refractivity (Wildman–Crippen MR) is 63.3 cm³/mol. The van der Waals surface area contributed by atoms with E-state index in [4.69, 9.17) is 9.47 Å². The number of aliphatic imine (C=N–C) groups is 1. The lowest BCUT2D eigenvalue weighted by atomic mass is 10.5. The molecule has 0 rings (SSSR count). The third-order valence-corrected chi connectivity index (χ3v) is 1.30. The zero-order valence-electron chi connectivity index (χ0n) is 9.78. The number of carbonyl (C=O) groups is 1. The molecule has 0 radical (unpaired) electrons. The van der Waals surface area contributed by atoms with Gasteiger partial charge in [-0.25, -0.2) is 4.99 Å². The molecule has 0 atom stereocenters. The second kappa shape index (κ2) is 13.4. The van der Waals surface area contributed by atoms with Crippen molar-refractivity contribution < 1.29 is 14.3 Å². The van der Waals surface area contributed by atoms with Crippen LogP contribution in [0.25, 0.3) is 0 Å². The summed E-state index contributed by atoms with van der Waals surface area (Å²) >= 11 is 4.20. The number of ether oxygens (including phenoxy) is 2. The summed E-state index contributed by atoms with van der Waals surface area (Å²) < 4.78 is 10.1. The summed E-state index contributed by atoms with van der Waals surface area (Å²) in [6.07, 6.45) is -0.0370. The van der Waals surface area contributed by atoms with Gasteiger partial charge in [-0.2, -0.15) is 0 Å². The summed E-state index contributed by atoms with van der Waals surface area (Å²) in [6.45, 7) is 8.88. The quantitative estimate of drug-likeness (QED) is 0.400. The molecule has 0 saturated heterocycles. The molecule has 0 N–H and O–H groups in total. The molecule has 88 valence electrons. The predicted octanol–water partition coefficient (Wildman–Crippen LogP) is 2.08. The summed E-state index contributed by atoms with van der Waals surface area (Å²) in [5.41, 5.74) is 0. The van der Waals surface area contributed by atoms with E-state index in [0.717, 1.165) is 13.2 Å². The minimum atomic E-state index is -0.0370. The number of hydrogen-bond donors (Lipinski definition) is 0. The Hall–Kier alpha value is -0.610. The molecule has 0 bridgehead atoms. The Morgan fingerprint density at radius 1 is 1.40 bits per heavy atom. The minimum absolute atomic E-state index is 0.0114. The number of isothiocyanates is 1. The first kappa shape index (κ1) is 16.8. The van der Waals surface area contributed by atoms with Gasteiger partial charge in [0.2, 0.25) is 0 Å². The van der Waals surface area contributed by atoms with Gasteiger partial charge < -0.3 is 9.47 Å². The monoisotopic (exact) mass is 233 g/mol. The van der Waals surface area contributed by atoms with E-state index in [1.165, 1.54) is 6.92 Å². The summed E-state index contributed by atoms with van der Waals surface area (Å²) in [5, 5.41) is 2.09. The Bertz CT molecular complexity index is 197. The summed E-state index contributed by atoms with van der Waals surface area (Å²) in [5.74, 6) is 0.0114. The van der Waals surface area contributed by atoms with Crippen LogP contribution in [0.15, 0.2) is 4.99 Å². The molecule has 0 aliphatic heterocycles. The van der Waals surface area contributed by atoms with Crippen molar-refractivity contribution in [3.63, 3.8) is 0 Å². The van der Waals surface area contributed by atoms with Crippen LogP contribution in [-0.4, -0.2) is 37.0 Å². The first-order chi connectivity index (χ1) is 7.08. The number of rotatable bonds is 6. The van der Waals surface area contributed by atoms with Crippen LogP contribution >= 0.6 is 12.2 Å². The van der Waals surface area contributed by atoms with Crippen LogP contribution in [0.3, 0.4) is 0 Å². The number of ketones is 1. The average Bonchev–Trinajstić information content (AvgIpc) is 2.16. The van der Waals surface area contributed by atoms with Gasteiger partial charge in [-0.3, -0.25) is 4.79 Å². The van der Waals surface area contributed by atoms with Crippen LogP contribution in [0, 0.1) is 0 Å². The van der Waals surface area contributed by atoms with Crippen molar-refractivity contribution in [2.75, 3.05) is 19.8 Å². The Balaban J connectivity index is 0. The van der Waals surface area contributed by atoms with Crippen molar-refractivity contribution in [1.82, 2.24) is 0 Å². The van der Waals surface area contributed by atoms with E-state index in [-0.39, 0.29) is 18.6 Å². The molecule has 0 aromatic rings. The number of hydrogen-bond acceptors (Lipinski definition) is 5. The Labute approximate surface area is 96.7 Å². The zero-order chi connectivity index (χ0) is 12.1. The standard InChI is InChI=1S/C6H14O2.C4H5NOS/c1-4-7-6(3)8-5-2;1-4(6)2-5-3-7/h6H,4-5H2,1-3H3;2H2,1H3. The first-order valence-electron chi connectivity index (χ1n) is 4.84. The second-order valence-electron chi connectivity index (χ2n) is 2.59. The third kappa shape index (κ3) is 19.7. The highest BCUT2D eigenvalue weighted by atomic mass is 32.1. The van der Waals surface area contributed by atoms with Crippen LogP contribution < -0.4 is 0 Å². The highest BCUT2D eigenvalue weighted by molar-refractivity contribution is 7.78. The maximum Gasteiger partial charge on any atom is 0.154 e. The maximum atomic E-state index is 10.0. The summed E-state index contributed by atoms with van der Waals surface area (Å²) in [6, 6.07) is 0. The smallest absolute Gasteiger partial charge is 0.154 e. The first-order valence-corrected chi connectivity index (χ1v) is 5.25. The van der Waals surface area contributed by atoms with Gasteiger partial charge in [0, 0.05) is 13.2 Å². The van der Waals surface area contributed by atoms with Crippen molar-refractivity contribution in [2.45, 2.75) is 34.0 Å². The van der Waals surface area contributed by atoms with Gasteiger partial charge in [0.05, 0.1) is 5.16 Å². The molecule has 0 spiro atoms. The highest BCUT2D eigenvalue weighted by Crippen LogP contribution is 1.90. The van der Waals surface area contributed by atoms with Crippen LogP contribution in [0.4, 0.5) is 0 Å². The van der Waals surface area contributed by atoms with Crippen molar-refractivity contribution in [1.29, 1.82) is 0 Å². The van der Waals surface area contributed by atoms with Gasteiger partial charge in [-0.15, -0.1) is 0 Å². The van der Waals surface area contributed by atoms with E-state index in [9.17, 15) is 4.79 Å². The molecule has 15 heavy (non-hydrogen) atoms. The SMILES string of the molecule is CC(=O)CN=C=S.CCOC(C)OCC. The molecular weight excluding hydrogens is 214 g/mol. The molecule has 0 fully saturated rings. The molecule has 0 heterocycles. The molecule has 0 aliphatic carbocycles. The van der Waals surface area contributed by atoms with Gasteiger partial charge in [0.1, 0.15) is 6.54 Å². The van der Waals surface area contributed by atoms with Crippen molar-refractivity contribution >= 4 is 23.2 Å². The lowest BCUT2D eigenvalue weighted by molar-refractivity contribution is -0.123. The normalized spacial score (nSPS) is 8.87. The molecule has 0 saturated carbocycles. The van der Waals surface area contributed by atoms with Gasteiger partial charge in [-0.05, 0) is 39.9 Å². The number of thiocarbonyl (C=S) groups is 1. The molecule has 0 aromatic heterocycles. The third-order valence-electron chi connectivity index (χ3n) is 1.17. The number of nitrogens with zero attached hydrogens (tertiary/aromatic N) is 1. The second-order valence-corrected chi connectivity index (χ2v) is 2.77. The minimum Gasteiger partial charge on any atom is -0.353 e. The van der Waals surface area contributed by atoms with Gasteiger partial charge in [0.25, 0.3) is 0 Å². The molecule has 0 aromatic carbocycles. The van der Waals surface area contributed by atoms with Crippen LogP contribution in [0.2, 0.25) is 0 Å². The molecule has 5 heteroatoms. The van der Waals surface area contributed by atoms with Gasteiger partial charge in [-0.1, -0.05) is 0 Å². The number of carbonyl (C=O) groups excluding carboxylic acids is 1. The van der Waals surface area contributed by atoms with E-state index >= 15 is 0 Å². The lowest BCUT2D eigenvalue weighted by Gasteiger charge is -2.09. The molecule has 0 aliphatic rings. The fourth-order valence-corrected chi connectivity index (χ4v) is 0.726. The van der Waals surface area contributed by atoms with E-state index in [1.807, 2.05) is 20.8 Å². The topological polar surface area (TPSA) is 47.9 Å². The van der Waals surface area contributed by atoms with Crippen LogP contribution in [0.5, 0.6) is 0 Å². The highest BCUT2D eigenvalue weighted by Gasteiger charge is 1.94. The van der Waals surface area contributed by atoms with E-state index < -0.39 is 0 Å². The van der Waals surface area contributed by atoms with E-state index in [0.29, 0.717) is 0 Å². The lowest BCUT2D eigenvalue weighted by Crippen LogP contribution is -2.11. The van der Waals surface area contributed by atoms with Crippen molar-refractivity contribution in [3.05, 3.63) is 0 Å². The summed E-state index contributed by atoms with van der Waals surface area (Å²) in [4.78, 5) is 13.4. The average molecular weight is 233 g/mol. The van der Waals surface area contributed by atoms with E-state index in [1.54, 1.807) is 0 Å². The fourth-order valence-electron chi connectivity index (χ4n) is 0.661. The molecule has 0 amide bonds. The zero-order valence-corrected chi connectivity index (χ0v) is 10.6. The number of Topliss-reactive ketones (excluding diaryl/α,β-unsaturated/α-hetero) is 1. The molecule has 4 nitrogen and oxygen atoms in total. The van der Waals surface area contributed by atoms with Gasteiger partial charge in [0.15, 0.2) is 12.1 Å². The Morgan fingerprint density at radius 2 is 1.87 bits per heavy atom. The van der Waals surface area contributed by atoms with Crippen molar-refractivity contribution in [3.8, 4) is 0 Å². The fraction of sp³-hybridized carbons (Fsp3) is 0.800.